The molecule has 5 nitrogen and oxygen atoms in total. The zero-order chi connectivity index (χ0) is 14.4. The SMILES string of the molecule is C#CCNC(=O)c1ccc(N[C@H]2CCCC[C@@H]2O)nc1. The summed E-state index contributed by atoms with van der Waals surface area (Å²) >= 11 is 0. The molecule has 1 heterocycles. The summed E-state index contributed by atoms with van der Waals surface area (Å²) in [5, 5.41) is 15.7. The van der Waals surface area contributed by atoms with Gasteiger partial charge in [0, 0.05) is 6.20 Å². The van der Waals surface area contributed by atoms with E-state index in [4.69, 9.17) is 6.42 Å². The fourth-order valence-corrected chi connectivity index (χ4v) is 2.32. The standard InChI is InChI=1S/C15H19N3O2/c1-2-9-16-15(20)11-7-8-14(17-10-11)18-12-5-3-4-6-13(12)19/h1,7-8,10,12-13,19H,3-6,9H2,(H,16,20)(H,17,18)/t12-,13-/m0/s1. The fourth-order valence-electron chi connectivity index (χ4n) is 2.32. The Morgan fingerprint density at radius 3 is 2.90 bits per heavy atom. The van der Waals surface area contributed by atoms with E-state index in [-0.39, 0.29) is 24.6 Å². The number of carbonyl (C=O) groups excluding carboxylic acids is 1. The summed E-state index contributed by atoms with van der Waals surface area (Å²) < 4.78 is 0. The van der Waals surface area contributed by atoms with Crippen molar-refractivity contribution in [2.75, 3.05) is 11.9 Å². The van der Waals surface area contributed by atoms with E-state index in [1.807, 2.05) is 0 Å². The van der Waals surface area contributed by atoms with Crippen molar-refractivity contribution >= 4 is 11.7 Å². The van der Waals surface area contributed by atoms with Crippen LogP contribution in [0.3, 0.4) is 0 Å². The van der Waals surface area contributed by atoms with E-state index in [0.29, 0.717) is 11.4 Å². The van der Waals surface area contributed by atoms with Gasteiger partial charge in [-0.3, -0.25) is 4.79 Å². The zero-order valence-electron chi connectivity index (χ0n) is 11.3. The van der Waals surface area contributed by atoms with Crippen LogP contribution in [-0.4, -0.2) is 34.7 Å². The van der Waals surface area contributed by atoms with Gasteiger partial charge < -0.3 is 15.7 Å². The smallest absolute Gasteiger partial charge is 0.253 e. The largest absolute Gasteiger partial charge is 0.391 e. The molecule has 1 aliphatic rings. The van der Waals surface area contributed by atoms with Crippen molar-refractivity contribution in [1.29, 1.82) is 0 Å². The van der Waals surface area contributed by atoms with Gasteiger partial charge in [-0.05, 0) is 25.0 Å². The van der Waals surface area contributed by atoms with Gasteiger partial charge in [-0.2, -0.15) is 0 Å². The molecule has 1 aliphatic carbocycles. The maximum atomic E-state index is 11.6. The van der Waals surface area contributed by atoms with Crippen molar-refractivity contribution in [1.82, 2.24) is 10.3 Å². The number of nitrogens with zero attached hydrogens (tertiary/aromatic N) is 1. The Kier molecular flexibility index (Phi) is 4.97. The molecular formula is C15H19N3O2. The molecule has 106 valence electrons. The summed E-state index contributed by atoms with van der Waals surface area (Å²) in [6.07, 6.45) is 10.2. The number of amides is 1. The topological polar surface area (TPSA) is 74.2 Å². The maximum Gasteiger partial charge on any atom is 0.253 e. The van der Waals surface area contributed by atoms with Crippen LogP contribution >= 0.6 is 0 Å². The summed E-state index contributed by atoms with van der Waals surface area (Å²) in [4.78, 5) is 15.9. The van der Waals surface area contributed by atoms with Gasteiger partial charge in [0.15, 0.2) is 0 Å². The van der Waals surface area contributed by atoms with Gasteiger partial charge in [0.2, 0.25) is 0 Å². The van der Waals surface area contributed by atoms with Crippen molar-refractivity contribution in [2.45, 2.75) is 37.8 Å². The average molecular weight is 273 g/mol. The molecule has 1 aromatic heterocycles. The van der Waals surface area contributed by atoms with E-state index in [1.54, 1.807) is 12.1 Å². The van der Waals surface area contributed by atoms with Crippen LogP contribution < -0.4 is 10.6 Å². The minimum atomic E-state index is -0.329. The van der Waals surface area contributed by atoms with Crippen LogP contribution in [0.15, 0.2) is 18.3 Å². The highest BCUT2D eigenvalue weighted by Gasteiger charge is 2.22. The van der Waals surface area contributed by atoms with Gasteiger partial charge in [0.25, 0.3) is 5.91 Å². The Labute approximate surface area is 118 Å². The second kappa shape index (κ2) is 6.92. The number of nitrogens with one attached hydrogen (secondary N) is 2. The number of hydrogen-bond donors (Lipinski definition) is 3. The first-order chi connectivity index (χ1) is 9.70. The molecule has 0 bridgehead atoms. The molecule has 1 amide bonds. The Balaban J connectivity index is 1.94. The van der Waals surface area contributed by atoms with E-state index in [0.717, 1.165) is 25.7 Å². The molecular weight excluding hydrogens is 254 g/mol. The molecule has 1 aromatic rings. The molecule has 0 aromatic carbocycles. The van der Waals surface area contributed by atoms with Crippen molar-refractivity contribution in [3.05, 3.63) is 23.9 Å². The molecule has 20 heavy (non-hydrogen) atoms. The molecule has 0 spiro atoms. The predicted octanol–water partition coefficient (Wildman–Crippen LogP) is 1.16. The highest BCUT2D eigenvalue weighted by atomic mass is 16.3. The van der Waals surface area contributed by atoms with Gasteiger partial charge in [-0.25, -0.2) is 4.98 Å². The second-order valence-electron chi connectivity index (χ2n) is 4.92. The number of rotatable bonds is 4. The molecule has 1 fully saturated rings. The van der Waals surface area contributed by atoms with Crippen LogP contribution in [-0.2, 0) is 0 Å². The number of carbonyl (C=O) groups is 1. The van der Waals surface area contributed by atoms with Gasteiger partial charge >= 0.3 is 0 Å². The van der Waals surface area contributed by atoms with Crippen molar-refractivity contribution in [3.63, 3.8) is 0 Å². The highest BCUT2D eigenvalue weighted by Crippen LogP contribution is 2.21. The maximum absolute atomic E-state index is 11.6. The van der Waals surface area contributed by atoms with E-state index >= 15 is 0 Å². The lowest BCUT2D eigenvalue weighted by atomic mass is 9.92. The summed E-state index contributed by atoms with van der Waals surface area (Å²) in [6, 6.07) is 3.47. The average Bonchev–Trinajstić information content (AvgIpc) is 2.48. The Bertz CT molecular complexity index is 493. The first-order valence-corrected chi connectivity index (χ1v) is 6.83. The van der Waals surface area contributed by atoms with E-state index in [2.05, 4.69) is 21.5 Å². The molecule has 0 saturated heterocycles. The molecule has 5 heteroatoms. The molecule has 0 radical (unpaired) electrons. The quantitative estimate of drug-likeness (QED) is 0.720. The monoisotopic (exact) mass is 273 g/mol. The lowest BCUT2D eigenvalue weighted by molar-refractivity contribution is 0.0958. The van der Waals surface area contributed by atoms with E-state index in [9.17, 15) is 9.90 Å². The Morgan fingerprint density at radius 1 is 1.45 bits per heavy atom. The number of pyridine rings is 1. The van der Waals surface area contributed by atoms with Crippen LogP contribution in [0.5, 0.6) is 0 Å². The second-order valence-corrected chi connectivity index (χ2v) is 4.92. The number of terminal acetylenes is 1. The minimum Gasteiger partial charge on any atom is -0.391 e. The number of aliphatic hydroxyl groups is 1. The summed E-state index contributed by atoms with van der Waals surface area (Å²) in [6.45, 7) is 0.201. The zero-order valence-corrected chi connectivity index (χ0v) is 11.3. The third-order valence-electron chi connectivity index (χ3n) is 3.44. The third kappa shape index (κ3) is 3.72. The Morgan fingerprint density at radius 2 is 2.25 bits per heavy atom. The molecule has 0 aliphatic heterocycles. The van der Waals surface area contributed by atoms with Crippen LogP contribution in [0.4, 0.5) is 5.82 Å². The van der Waals surface area contributed by atoms with Crippen molar-refractivity contribution in [3.8, 4) is 12.3 Å². The van der Waals surface area contributed by atoms with Crippen LogP contribution in [0.25, 0.3) is 0 Å². The molecule has 2 rings (SSSR count). The highest BCUT2D eigenvalue weighted by molar-refractivity contribution is 5.94. The number of aliphatic hydroxyl groups excluding tert-OH is 1. The van der Waals surface area contributed by atoms with Crippen LogP contribution in [0.2, 0.25) is 0 Å². The van der Waals surface area contributed by atoms with E-state index < -0.39 is 0 Å². The normalized spacial score (nSPS) is 21.8. The third-order valence-corrected chi connectivity index (χ3v) is 3.44. The first kappa shape index (κ1) is 14.4. The molecule has 3 N–H and O–H groups in total. The fraction of sp³-hybridized carbons (Fsp3) is 0.467. The lowest BCUT2D eigenvalue weighted by Gasteiger charge is -2.28. The van der Waals surface area contributed by atoms with Crippen molar-refractivity contribution < 1.29 is 9.90 Å². The van der Waals surface area contributed by atoms with E-state index in [1.165, 1.54) is 6.20 Å². The molecule has 1 saturated carbocycles. The number of hydrogen-bond acceptors (Lipinski definition) is 4. The van der Waals surface area contributed by atoms with Gasteiger partial charge in [-0.15, -0.1) is 6.42 Å². The van der Waals surface area contributed by atoms with Gasteiger partial charge in [0.05, 0.1) is 24.3 Å². The van der Waals surface area contributed by atoms with Gasteiger partial charge in [0.1, 0.15) is 5.82 Å². The predicted molar refractivity (Wildman–Crippen MR) is 77.3 cm³/mol. The first-order valence-electron chi connectivity index (χ1n) is 6.83. The summed E-state index contributed by atoms with van der Waals surface area (Å²) in [5.41, 5.74) is 0.468. The lowest BCUT2D eigenvalue weighted by Crippen LogP contribution is -2.36. The number of anilines is 1. The van der Waals surface area contributed by atoms with Gasteiger partial charge in [-0.1, -0.05) is 18.8 Å². The number of aromatic nitrogens is 1. The van der Waals surface area contributed by atoms with Crippen LogP contribution in [0.1, 0.15) is 36.0 Å². The minimum absolute atomic E-state index is 0.0392. The van der Waals surface area contributed by atoms with Crippen LogP contribution in [0, 0.1) is 12.3 Å². The summed E-state index contributed by atoms with van der Waals surface area (Å²) in [7, 11) is 0. The molecule has 0 unspecified atom stereocenters. The molecule has 2 atom stereocenters. The summed E-state index contributed by atoms with van der Waals surface area (Å²) in [5.74, 6) is 2.78. The van der Waals surface area contributed by atoms with Crippen molar-refractivity contribution in [2.24, 2.45) is 0 Å². The Hall–Kier alpha value is -2.06.